The van der Waals surface area contributed by atoms with Gasteiger partial charge < -0.3 is 10.1 Å². The molecule has 2 aliphatic rings. The second-order valence-corrected chi connectivity index (χ2v) is 7.51. The van der Waals surface area contributed by atoms with Gasteiger partial charge in [-0.2, -0.15) is 0 Å². The minimum atomic E-state index is -0.574. The van der Waals surface area contributed by atoms with E-state index in [2.05, 4.69) is 22.4 Å². The fourth-order valence-electron chi connectivity index (χ4n) is 3.57. The maximum absolute atomic E-state index is 12.6. The third-order valence-corrected chi connectivity index (χ3v) is 5.68. The van der Waals surface area contributed by atoms with Crippen molar-refractivity contribution in [2.24, 2.45) is 5.92 Å². The van der Waals surface area contributed by atoms with E-state index in [0.29, 0.717) is 5.13 Å². The Hall–Kier alpha value is -1.50. The number of unbranched alkanes of at least 4 members (excludes halogenated alkanes) is 2. The van der Waals surface area contributed by atoms with Crippen molar-refractivity contribution in [1.29, 1.82) is 0 Å². The van der Waals surface area contributed by atoms with Gasteiger partial charge in [-0.3, -0.25) is 9.59 Å². The number of carbonyl (C=O) groups is 2. The lowest BCUT2D eigenvalue weighted by atomic mass is 9.85. The molecule has 1 aromatic rings. The molecule has 1 aromatic heterocycles. The highest BCUT2D eigenvalue weighted by Crippen LogP contribution is 2.45. The summed E-state index contributed by atoms with van der Waals surface area (Å²) in [4.78, 5) is 24.3. The van der Waals surface area contributed by atoms with E-state index in [0.717, 1.165) is 43.5 Å². The number of amides is 1. The summed E-state index contributed by atoms with van der Waals surface area (Å²) in [6.45, 7) is 2.16. The Bertz CT molecular complexity index is 581. The van der Waals surface area contributed by atoms with Crippen LogP contribution >= 0.6 is 11.3 Å². The molecule has 1 unspecified atom stereocenters. The van der Waals surface area contributed by atoms with Crippen molar-refractivity contribution < 1.29 is 14.3 Å². The molecule has 1 N–H and O–H groups in total. The van der Waals surface area contributed by atoms with Crippen LogP contribution in [0.25, 0.3) is 0 Å². The molecule has 7 heteroatoms. The first-order valence-electron chi connectivity index (χ1n) is 8.48. The van der Waals surface area contributed by atoms with Crippen LogP contribution in [0, 0.1) is 5.92 Å². The largest absolute Gasteiger partial charge is 0.458 e. The lowest BCUT2D eigenvalue weighted by molar-refractivity contribution is -0.149. The fourth-order valence-corrected chi connectivity index (χ4v) is 4.36. The van der Waals surface area contributed by atoms with Crippen molar-refractivity contribution in [3.05, 3.63) is 5.01 Å². The molecule has 3 rings (SSSR count). The second-order valence-electron chi connectivity index (χ2n) is 6.45. The molecular formula is C16H23N3O3S. The molecule has 6 nitrogen and oxygen atoms in total. The number of anilines is 1. The van der Waals surface area contributed by atoms with E-state index in [1.807, 2.05) is 0 Å². The van der Waals surface area contributed by atoms with Gasteiger partial charge in [0.25, 0.3) is 0 Å². The predicted molar refractivity (Wildman–Crippen MR) is 87.2 cm³/mol. The second kappa shape index (κ2) is 6.95. The number of aromatic nitrogens is 2. The van der Waals surface area contributed by atoms with Gasteiger partial charge in [-0.05, 0) is 32.1 Å². The normalized spacial score (nSPS) is 22.5. The van der Waals surface area contributed by atoms with E-state index in [1.165, 1.54) is 24.2 Å². The molecule has 2 heterocycles. The third kappa shape index (κ3) is 3.54. The number of aryl methyl sites for hydroxylation is 1. The monoisotopic (exact) mass is 337 g/mol. The van der Waals surface area contributed by atoms with Gasteiger partial charge in [0.1, 0.15) is 10.6 Å². The highest BCUT2D eigenvalue weighted by Gasteiger charge is 2.54. The topological polar surface area (TPSA) is 81.2 Å². The SMILES string of the molecule is CCCCCc1nnc(NC(=O)C2CC(=O)OC23CCCC3)s1. The summed E-state index contributed by atoms with van der Waals surface area (Å²) in [6.07, 6.45) is 8.10. The molecule has 2 fully saturated rings. The number of hydrogen-bond donors (Lipinski definition) is 1. The van der Waals surface area contributed by atoms with Crippen LogP contribution in [0.4, 0.5) is 5.13 Å². The van der Waals surface area contributed by atoms with Crippen molar-refractivity contribution in [2.75, 3.05) is 5.32 Å². The molecule has 1 aliphatic carbocycles. The number of carbonyl (C=O) groups excluding carboxylic acids is 2. The summed E-state index contributed by atoms with van der Waals surface area (Å²) in [5, 5.41) is 12.5. The Kier molecular flexibility index (Phi) is 4.94. The van der Waals surface area contributed by atoms with Crippen LogP contribution in [0.5, 0.6) is 0 Å². The van der Waals surface area contributed by atoms with Crippen molar-refractivity contribution in [1.82, 2.24) is 10.2 Å². The van der Waals surface area contributed by atoms with Gasteiger partial charge in [0.2, 0.25) is 11.0 Å². The Morgan fingerprint density at radius 2 is 2.13 bits per heavy atom. The number of ether oxygens (including phenoxy) is 1. The van der Waals surface area contributed by atoms with Crippen molar-refractivity contribution >= 4 is 28.3 Å². The summed E-state index contributed by atoms with van der Waals surface area (Å²) < 4.78 is 5.52. The van der Waals surface area contributed by atoms with Gasteiger partial charge in [0, 0.05) is 6.42 Å². The van der Waals surface area contributed by atoms with Crippen LogP contribution in [0.3, 0.4) is 0 Å². The molecule has 1 saturated carbocycles. The van der Waals surface area contributed by atoms with Gasteiger partial charge in [0.05, 0.1) is 12.3 Å². The average molecular weight is 337 g/mol. The van der Waals surface area contributed by atoms with Crippen LogP contribution in [0.2, 0.25) is 0 Å². The Morgan fingerprint density at radius 1 is 1.35 bits per heavy atom. The molecular weight excluding hydrogens is 314 g/mol. The van der Waals surface area contributed by atoms with Crippen molar-refractivity contribution in [2.45, 2.75) is 70.3 Å². The van der Waals surface area contributed by atoms with Crippen molar-refractivity contribution in [3.63, 3.8) is 0 Å². The maximum Gasteiger partial charge on any atom is 0.307 e. The smallest absolute Gasteiger partial charge is 0.307 e. The number of nitrogens with one attached hydrogen (secondary N) is 1. The molecule has 0 aromatic carbocycles. The van der Waals surface area contributed by atoms with E-state index in [-0.39, 0.29) is 18.3 Å². The quantitative estimate of drug-likeness (QED) is 0.637. The van der Waals surface area contributed by atoms with E-state index >= 15 is 0 Å². The zero-order chi connectivity index (χ0) is 16.3. The van der Waals surface area contributed by atoms with Gasteiger partial charge in [-0.15, -0.1) is 10.2 Å². The molecule has 1 spiro atoms. The summed E-state index contributed by atoms with van der Waals surface area (Å²) in [7, 11) is 0. The minimum Gasteiger partial charge on any atom is -0.458 e. The zero-order valence-corrected chi connectivity index (χ0v) is 14.3. The standard InChI is InChI=1S/C16H23N3O3S/c1-2-3-4-7-12-18-19-15(23-12)17-14(21)11-10-13(20)22-16(11)8-5-6-9-16/h11H,2-10H2,1H3,(H,17,19,21). The van der Waals surface area contributed by atoms with Crippen LogP contribution < -0.4 is 5.32 Å². The van der Waals surface area contributed by atoms with E-state index in [1.54, 1.807) is 0 Å². The highest BCUT2D eigenvalue weighted by atomic mass is 32.1. The maximum atomic E-state index is 12.6. The van der Waals surface area contributed by atoms with Gasteiger partial charge in [-0.1, -0.05) is 31.1 Å². The van der Waals surface area contributed by atoms with E-state index in [4.69, 9.17) is 4.74 Å². The van der Waals surface area contributed by atoms with E-state index in [9.17, 15) is 9.59 Å². The Labute approximate surface area is 140 Å². The highest BCUT2D eigenvalue weighted by molar-refractivity contribution is 7.15. The first kappa shape index (κ1) is 16.4. The predicted octanol–water partition coefficient (Wildman–Crippen LogP) is 3.09. The molecule has 1 aliphatic heterocycles. The Balaban J connectivity index is 1.61. The number of rotatable bonds is 6. The first-order valence-corrected chi connectivity index (χ1v) is 9.30. The summed E-state index contributed by atoms with van der Waals surface area (Å²) in [5.74, 6) is -0.816. The molecule has 0 radical (unpaired) electrons. The number of nitrogens with zero attached hydrogens (tertiary/aromatic N) is 2. The number of hydrogen-bond acceptors (Lipinski definition) is 6. The molecule has 0 bridgehead atoms. The van der Waals surface area contributed by atoms with Crippen LogP contribution in [0.15, 0.2) is 0 Å². The Morgan fingerprint density at radius 3 is 2.87 bits per heavy atom. The molecule has 1 saturated heterocycles. The van der Waals surface area contributed by atoms with Gasteiger partial charge in [0.15, 0.2) is 0 Å². The van der Waals surface area contributed by atoms with Crippen LogP contribution in [-0.2, 0) is 20.7 Å². The van der Waals surface area contributed by atoms with Crippen LogP contribution in [-0.4, -0.2) is 27.7 Å². The zero-order valence-electron chi connectivity index (χ0n) is 13.5. The minimum absolute atomic E-state index is 0.158. The average Bonchev–Trinajstić information content (AvgIpc) is 3.22. The summed E-state index contributed by atoms with van der Waals surface area (Å²) in [5.41, 5.74) is -0.574. The third-order valence-electron chi connectivity index (χ3n) is 4.78. The van der Waals surface area contributed by atoms with Crippen LogP contribution in [0.1, 0.15) is 63.3 Å². The van der Waals surface area contributed by atoms with Crippen molar-refractivity contribution in [3.8, 4) is 0 Å². The number of esters is 1. The lowest BCUT2D eigenvalue weighted by Gasteiger charge is -2.27. The fraction of sp³-hybridized carbons (Fsp3) is 0.750. The lowest BCUT2D eigenvalue weighted by Crippen LogP contribution is -2.39. The molecule has 1 atom stereocenters. The molecule has 1 amide bonds. The summed E-state index contributed by atoms with van der Waals surface area (Å²) >= 11 is 1.42. The molecule has 23 heavy (non-hydrogen) atoms. The van der Waals surface area contributed by atoms with Gasteiger partial charge in [-0.25, -0.2) is 0 Å². The van der Waals surface area contributed by atoms with Gasteiger partial charge >= 0.3 is 5.97 Å². The summed E-state index contributed by atoms with van der Waals surface area (Å²) in [6, 6.07) is 0. The first-order chi connectivity index (χ1) is 11.1. The molecule has 126 valence electrons. The van der Waals surface area contributed by atoms with E-state index < -0.39 is 11.5 Å².